The summed E-state index contributed by atoms with van der Waals surface area (Å²) in [5, 5.41) is 8.38. The van der Waals surface area contributed by atoms with Gasteiger partial charge in [-0.3, -0.25) is 19.2 Å². The lowest BCUT2D eigenvalue weighted by Crippen LogP contribution is -2.66. The number of hydrogen-bond donors (Lipinski definition) is 5. The number of carbonyl (C=O) groups is 4. The molecule has 1 aliphatic heterocycles. The van der Waals surface area contributed by atoms with Crippen LogP contribution >= 0.6 is 0 Å². The quantitative estimate of drug-likeness (QED) is 0.174. The number of benzene rings is 2. The lowest BCUT2D eigenvalue weighted by molar-refractivity contribution is -0.133. The lowest BCUT2D eigenvalue weighted by Gasteiger charge is -2.39. The summed E-state index contributed by atoms with van der Waals surface area (Å²) in [6.45, 7) is 1.29. The number of nitrogens with one attached hydrogen (secondary N) is 3. The summed E-state index contributed by atoms with van der Waals surface area (Å²) >= 11 is 0. The summed E-state index contributed by atoms with van der Waals surface area (Å²) in [5.41, 5.74) is 12.4. The Labute approximate surface area is 223 Å². The van der Waals surface area contributed by atoms with Crippen LogP contribution in [0.1, 0.15) is 48.9 Å². The second kappa shape index (κ2) is 14.8. The van der Waals surface area contributed by atoms with E-state index < -0.39 is 29.9 Å². The monoisotopic (exact) mass is 522 g/mol. The molecule has 4 amide bonds. The molecule has 2 aromatic carbocycles. The molecule has 3 atom stereocenters. The SMILES string of the molecule is NCCCC[C@H](NC(=O)c1ccccc1)C(=O)N[C@@H](CCCCN)C(=O)N[C@@H]1CN(c2ccccc2)C1=O. The highest BCUT2D eigenvalue weighted by atomic mass is 16.2. The van der Waals surface area contributed by atoms with Crippen molar-refractivity contribution in [1.82, 2.24) is 16.0 Å². The first kappa shape index (κ1) is 28.8. The van der Waals surface area contributed by atoms with Gasteiger partial charge in [0, 0.05) is 11.3 Å². The third kappa shape index (κ3) is 8.12. The summed E-state index contributed by atoms with van der Waals surface area (Å²) in [6, 6.07) is 15.5. The number of β-lactam (4-membered cyclic amide) rings is 1. The van der Waals surface area contributed by atoms with Gasteiger partial charge in [0.25, 0.3) is 11.8 Å². The Morgan fingerprint density at radius 3 is 1.89 bits per heavy atom. The number of para-hydroxylation sites is 1. The Balaban J connectivity index is 1.64. The van der Waals surface area contributed by atoms with Gasteiger partial charge in [-0.05, 0) is 75.9 Å². The first-order valence-electron chi connectivity index (χ1n) is 13.2. The van der Waals surface area contributed by atoms with Crippen molar-refractivity contribution >= 4 is 29.3 Å². The van der Waals surface area contributed by atoms with Crippen LogP contribution in [0.25, 0.3) is 0 Å². The van der Waals surface area contributed by atoms with Crippen LogP contribution in [-0.4, -0.2) is 61.4 Å². The van der Waals surface area contributed by atoms with E-state index in [0.29, 0.717) is 63.7 Å². The third-order valence-corrected chi connectivity index (χ3v) is 6.50. The van der Waals surface area contributed by atoms with Crippen LogP contribution in [0.2, 0.25) is 0 Å². The number of nitrogens with zero attached hydrogens (tertiary/aromatic N) is 1. The fraction of sp³-hybridized carbons (Fsp3) is 0.429. The number of anilines is 1. The van der Waals surface area contributed by atoms with Gasteiger partial charge in [0.2, 0.25) is 11.8 Å². The molecule has 0 bridgehead atoms. The summed E-state index contributed by atoms with van der Waals surface area (Å²) in [6.07, 6.45) is 3.39. The molecule has 0 aromatic heterocycles. The highest BCUT2D eigenvalue weighted by molar-refractivity contribution is 6.06. The molecular formula is C28H38N6O4. The average molecular weight is 523 g/mol. The molecule has 0 radical (unpaired) electrons. The van der Waals surface area contributed by atoms with Crippen molar-refractivity contribution < 1.29 is 19.2 Å². The highest BCUT2D eigenvalue weighted by Crippen LogP contribution is 2.21. The van der Waals surface area contributed by atoms with Gasteiger partial charge in [-0.25, -0.2) is 0 Å². The van der Waals surface area contributed by atoms with E-state index >= 15 is 0 Å². The lowest BCUT2D eigenvalue weighted by atomic mass is 10.0. The normalized spacial score (nSPS) is 16.2. The molecule has 10 nitrogen and oxygen atoms in total. The van der Waals surface area contributed by atoms with Gasteiger partial charge in [0.15, 0.2) is 0 Å². The molecule has 0 saturated carbocycles. The second-order valence-corrected chi connectivity index (χ2v) is 9.37. The number of hydrogen-bond acceptors (Lipinski definition) is 6. The van der Waals surface area contributed by atoms with Crippen molar-refractivity contribution in [3.05, 3.63) is 66.2 Å². The predicted molar refractivity (Wildman–Crippen MR) is 146 cm³/mol. The van der Waals surface area contributed by atoms with Crippen LogP contribution in [0.4, 0.5) is 5.69 Å². The van der Waals surface area contributed by atoms with E-state index in [9.17, 15) is 19.2 Å². The Bertz CT molecular complexity index is 1070. The molecule has 2 aromatic rings. The van der Waals surface area contributed by atoms with Gasteiger partial charge in [0.1, 0.15) is 18.1 Å². The molecule has 0 unspecified atom stereocenters. The van der Waals surface area contributed by atoms with Gasteiger partial charge in [-0.15, -0.1) is 0 Å². The van der Waals surface area contributed by atoms with Crippen molar-refractivity contribution in [2.75, 3.05) is 24.5 Å². The Morgan fingerprint density at radius 1 is 0.789 bits per heavy atom. The van der Waals surface area contributed by atoms with Gasteiger partial charge < -0.3 is 32.3 Å². The fourth-order valence-electron chi connectivity index (χ4n) is 4.27. The molecule has 1 aliphatic rings. The van der Waals surface area contributed by atoms with Crippen molar-refractivity contribution in [3.63, 3.8) is 0 Å². The van der Waals surface area contributed by atoms with Crippen LogP contribution in [0.5, 0.6) is 0 Å². The summed E-state index contributed by atoms with van der Waals surface area (Å²) < 4.78 is 0. The minimum atomic E-state index is -0.863. The fourth-order valence-corrected chi connectivity index (χ4v) is 4.27. The largest absolute Gasteiger partial charge is 0.343 e. The number of carbonyl (C=O) groups excluding carboxylic acids is 4. The van der Waals surface area contributed by atoms with Crippen LogP contribution < -0.4 is 32.3 Å². The molecule has 3 rings (SSSR count). The molecule has 204 valence electrons. The number of nitrogens with two attached hydrogens (primary N) is 2. The van der Waals surface area contributed by atoms with E-state index in [0.717, 1.165) is 5.69 Å². The third-order valence-electron chi connectivity index (χ3n) is 6.50. The molecule has 10 heteroatoms. The number of amides is 4. The van der Waals surface area contributed by atoms with Crippen molar-refractivity contribution in [1.29, 1.82) is 0 Å². The Hall–Kier alpha value is -3.76. The Kier molecular flexibility index (Phi) is 11.3. The zero-order valence-corrected chi connectivity index (χ0v) is 21.6. The molecule has 1 saturated heterocycles. The first-order valence-corrected chi connectivity index (χ1v) is 13.2. The maximum absolute atomic E-state index is 13.3. The van der Waals surface area contributed by atoms with E-state index in [-0.39, 0.29) is 11.8 Å². The highest BCUT2D eigenvalue weighted by Gasteiger charge is 2.40. The van der Waals surface area contributed by atoms with Gasteiger partial charge >= 0.3 is 0 Å². The predicted octanol–water partition coefficient (Wildman–Crippen LogP) is 1.06. The Morgan fingerprint density at radius 2 is 1.34 bits per heavy atom. The second-order valence-electron chi connectivity index (χ2n) is 9.37. The molecule has 7 N–H and O–H groups in total. The minimum Gasteiger partial charge on any atom is -0.343 e. The standard InChI is InChI=1S/C28H38N6O4/c29-17-9-7-15-22(31-25(35)20-11-3-1-4-12-20)26(36)32-23(16-8-10-18-30)27(37)33-24-19-34(28(24)38)21-13-5-2-6-14-21/h1-6,11-14,22-24H,7-10,15-19,29-30H2,(H,31,35)(H,32,36)(H,33,37)/t22-,23-,24+/m0/s1. The minimum absolute atomic E-state index is 0.202. The van der Waals surface area contributed by atoms with E-state index in [1.54, 1.807) is 35.2 Å². The number of rotatable bonds is 15. The average Bonchev–Trinajstić information content (AvgIpc) is 2.94. The number of unbranched alkanes of at least 4 members (excludes halogenated alkanes) is 2. The first-order chi connectivity index (χ1) is 18.4. The zero-order valence-electron chi connectivity index (χ0n) is 21.6. The topological polar surface area (TPSA) is 160 Å². The van der Waals surface area contributed by atoms with E-state index in [1.807, 2.05) is 30.3 Å². The van der Waals surface area contributed by atoms with Crippen LogP contribution in [0, 0.1) is 0 Å². The van der Waals surface area contributed by atoms with Crippen LogP contribution in [0.3, 0.4) is 0 Å². The van der Waals surface area contributed by atoms with E-state index in [2.05, 4.69) is 16.0 Å². The summed E-state index contributed by atoms with van der Waals surface area (Å²) in [5.74, 6) is -1.46. The smallest absolute Gasteiger partial charge is 0.251 e. The maximum atomic E-state index is 13.3. The molecular weight excluding hydrogens is 484 g/mol. The van der Waals surface area contributed by atoms with Crippen molar-refractivity contribution in [3.8, 4) is 0 Å². The summed E-state index contributed by atoms with van der Waals surface area (Å²) in [7, 11) is 0. The van der Waals surface area contributed by atoms with Crippen LogP contribution in [-0.2, 0) is 14.4 Å². The van der Waals surface area contributed by atoms with Crippen molar-refractivity contribution in [2.24, 2.45) is 11.5 Å². The summed E-state index contributed by atoms with van der Waals surface area (Å²) in [4.78, 5) is 53.5. The molecule has 1 fully saturated rings. The van der Waals surface area contributed by atoms with Gasteiger partial charge in [-0.1, -0.05) is 36.4 Å². The molecule has 0 spiro atoms. The zero-order chi connectivity index (χ0) is 27.3. The van der Waals surface area contributed by atoms with Crippen LogP contribution in [0.15, 0.2) is 60.7 Å². The van der Waals surface area contributed by atoms with E-state index in [4.69, 9.17) is 11.5 Å². The van der Waals surface area contributed by atoms with Crippen molar-refractivity contribution in [2.45, 2.75) is 56.7 Å². The molecule has 38 heavy (non-hydrogen) atoms. The molecule has 0 aliphatic carbocycles. The maximum Gasteiger partial charge on any atom is 0.251 e. The molecule has 1 heterocycles. The van der Waals surface area contributed by atoms with Gasteiger partial charge in [0.05, 0.1) is 6.54 Å². The van der Waals surface area contributed by atoms with E-state index in [1.165, 1.54) is 0 Å². The van der Waals surface area contributed by atoms with Gasteiger partial charge in [-0.2, -0.15) is 0 Å².